The van der Waals surface area contributed by atoms with Crippen LogP contribution in [0.2, 0.25) is 0 Å². The highest BCUT2D eigenvalue weighted by atomic mass is 32.1. The van der Waals surface area contributed by atoms with Gasteiger partial charge in [0.05, 0.1) is 30.1 Å². The minimum absolute atomic E-state index is 0.0172. The molecule has 186 valence electrons. The summed E-state index contributed by atoms with van der Waals surface area (Å²) in [7, 11) is 1.41. The van der Waals surface area contributed by atoms with E-state index < -0.39 is 18.3 Å². The Morgan fingerprint density at radius 3 is 2.69 bits per heavy atom. The number of hydrogen-bond acceptors (Lipinski definition) is 9. The van der Waals surface area contributed by atoms with Crippen molar-refractivity contribution >= 4 is 22.4 Å². The van der Waals surface area contributed by atoms with Crippen molar-refractivity contribution in [2.24, 2.45) is 0 Å². The monoisotopic (exact) mass is 517 g/mol. The molecular formula is C23H18F3N5O4S. The van der Waals surface area contributed by atoms with Crippen LogP contribution in [0.5, 0.6) is 16.7 Å². The minimum atomic E-state index is -2.94. The highest BCUT2D eigenvalue weighted by molar-refractivity contribution is 7.17. The van der Waals surface area contributed by atoms with Crippen LogP contribution in [0.3, 0.4) is 0 Å². The van der Waals surface area contributed by atoms with Crippen LogP contribution < -0.4 is 19.5 Å². The number of carbonyl (C=O) groups excluding carboxylic acids is 1. The molecule has 0 spiro atoms. The van der Waals surface area contributed by atoms with Crippen LogP contribution in [0, 0.1) is 12.7 Å². The average Bonchev–Trinajstić information content (AvgIpc) is 3.30. The number of halogens is 3. The van der Waals surface area contributed by atoms with Gasteiger partial charge in [0.2, 0.25) is 5.13 Å². The number of nitrogens with one attached hydrogen (secondary N) is 1. The lowest BCUT2D eigenvalue weighted by Crippen LogP contribution is -2.14. The highest BCUT2D eigenvalue weighted by Crippen LogP contribution is 2.35. The predicted octanol–water partition coefficient (Wildman–Crippen LogP) is 4.88. The molecule has 0 atom stereocenters. The quantitative estimate of drug-likeness (QED) is 0.335. The third-order valence-corrected chi connectivity index (χ3v) is 5.49. The van der Waals surface area contributed by atoms with Gasteiger partial charge in [0.1, 0.15) is 23.9 Å². The maximum Gasteiger partial charge on any atom is 0.387 e. The van der Waals surface area contributed by atoms with Gasteiger partial charge in [-0.1, -0.05) is 11.2 Å². The molecule has 0 bridgehead atoms. The summed E-state index contributed by atoms with van der Waals surface area (Å²) in [5, 5.41) is 10.6. The molecule has 4 aromatic rings. The Morgan fingerprint density at radius 2 is 1.97 bits per heavy atom. The Kier molecular flexibility index (Phi) is 7.59. The van der Waals surface area contributed by atoms with Gasteiger partial charge >= 0.3 is 6.61 Å². The molecule has 3 heterocycles. The smallest absolute Gasteiger partial charge is 0.387 e. The van der Waals surface area contributed by atoms with Crippen LogP contribution in [0.25, 0.3) is 11.1 Å². The van der Waals surface area contributed by atoms with Crippen LogP contribution in [-0.4, -0.2) is 39.8 Å². The molecule has 0 fully saturated rings. The summed E-state index contributed by atoms with van der Waals surface area (Å²) in [6.45, 7) is -1.23. The Bertz CT molecular complexity index is 1370. The van der Waals surface area contributed by atoms with E-state index in [1.165, 1.54) is 37.6 Å². The van der Waals surface area contributed by atoms with E-state index in [0.29, 0.717) is 17.0 Å². The second kappa shape index (κ2) is 11.0. The summed E-state index contributed by atoms with van der Waals surface area (Å²) >= 11 is 0.955. The molecule has 0 saturated carbocycles. The lowest BCUT2D eigenvalue weighted by molar-refractivity contribution is -0.0501. The van der Waals surface area contributed by atoms with Gasteiger partial charge in [-0.05, 0) is 48.6 Å². The molecule has 1 amide bonds. The second-order valence-electron chi connectivity index (χ2n) is 7.17. The SMILES string of the molecule is COc1cccc(F)c1-c1cc(C)ncc1C(=O)Nc1nnc(OCc2ccc(OC(F)F)cn2)s1. The average molecular weight is 517 g/mol. The van der Waals surface area contributed by atoms with Crippen LogP contribution in [0.15, 0.2) is 48.8 Å². The van der Waals surface area contributed by atoms with Crippen LogP contribution >= 0.6 is 11.3 Å². The van der Waals surface area contributed by atoms with Crippen LogP contribution in [0.1, 0.15) is 21.7 Å². The van der Waals surface area contributed by atoms with E-state index in [-0.39, 0.29) is 39.6 Å². The number of benzene rings is 1. The zero-order chi connectivity index (χ0) is 25.7. The van der Waals surface area contributed by atoms with Crippen molar-refractivity contribution in [3.63, 3.8) is 0 Å². The molecule has 0 saturated heterocycles. The standard InChI is InChI=1S/C23H18F3N5O4S/c1-12-8-15(19-17(24)4-3-5-18(19)33-2)16(10-27-12)20(32)29-22-30-31-23(36-22)34-11-13-6-7-14(9-28-13)35-21(25)26/h3-10,21H,11H2,1-2H3,(H,29,30,32). The van der Waals surface area contributed by atoms with Crippen LogP contribution in [0.4, 0.5) is 18.3 Å². The predicted molar refractivity (Wildman–Crippen MR) is 124 cm³/mol. The summed E-state index contributed by atoms with van der Waals surface area (Å²) in [5.74, 6) is -0.943. The van der Waals surface area contributed by atoms with Crippen molar-refractivity contribution in [3.05, 3.63) is 71.6 Å². The summed E-state index contributed by atoms with van der Waals surface area (Å²) < 4.78 is 54.2. The molecular weight excluding hydrogens is 499 g/mol. The third kappa shape index (κ3) is 5.86. The van der Waals surface area contributed by atoms with Gasteiger partial charge in [-0.25, -0.2) is 4.39 Å². The molecule has 4 rings (SSSR count). The maximum atomic E-state index is 14.7. The fraction of sp³-hybridized carbons (Fsp3) is 0.174. The third-order valence-electron chi connectivity index (χ3n) is 4.74. The molecule has 0 aliphatic heterocycles. The zero-order valence-electron chi connectivity index (χ0n) is 18.9. The van der Waals surface area contributed by atoms with E-state index in [4.69, 9.17) is 9.47 Å². The van der Waals surface area contributed by atoms with Gasteiger partial charge in [0.15, 0.2) is 0 Å². The summed E-state index contributed by atoms with van der Waals surface area (Å²) in [4.78, 5) is 21.2. The maximum absolute atomic E-state index is 14.7. The van der Waals surface area contributed by atoms with Crippen molar-refractivity contribution in [2.45, 2.75) is 20.1 Å². The first-order valence-electron chi connectivity index (χ1n) is 10.3. The molecule has 0 unspecified atom stereocenters. The van der Waals surface area contributed by atoms with Gasteiger partial charge in [-0.3, -0.25) is 20.1 Å². The number of rotatable bonds is 9. The van der Waals surface area contributed by atoms with Crippen molar-refractivity contribution in [2.75, 3.05) is 12.4 Å². The normalized spacial score (nSPS) is 10.8. The fourth-order valence-corrected chi connectivity index (χ4v) is 3.76. The molecule has 13 heteroatoms. The number of methoxy groups -OCH3 is 1. The number of anilines is 1. The fourth-order valence-electron chi connectivity index (χ4n) is 3.17. The molecule has 0 aliphatic carbocycles. The lowest BCUT2D eigenvalue weighted by atomic mass is 9.98. The molecule has 1 aromatic carbocycles. The number of amides is 1. The molecule has 1 N–H and O–H groups in total. The molecule has 0 radical (unpaired) electrons. The van der Waals surface area contributed by atoms with Crippen molar-refractivity contribution < 1.29 is 32.2 Å². The van der Waals surface area contributed by atoms with E-state index in [2.05, 4.69) is 30.2 Å². The van der Waals surface area contributed by atoms with Gasteiger partial charge in [-0.2, -0.15) is 8.78 Å². The van der Waals surface area contributed by atoms with Gasteiger partial charge < -0.3 is 14.2 Å². The van der Waals surface area contributed by atoms with E-state index in [0.717, 1.165) is 17.5 Å². The molecule has 9 nitrogen and oxygen atoms in total. The Balaban J connectivity index is 1.47. The van der Waals surface area contributed by atoms with Crippen molar-refractivity contribution in [3.8, 4) is 27.8 Å². The minimum Gasteiger partial charge on any atom is -0.496 e. The summed E-state index contributed by atoms with van der Waals surface area (Å²) in [6, 6.07) is 8.77. The van der Waals surface area contributed by atoms with E-state index in [9.17, 15) is 18.0 Å². The van der Waals surface area contributed by atoms with Gasteiger partial charge in [0, 0.05) is 17.5 Å². The van der Waals surface area contributed by atoms with E-state index >= 15 is 0 Å². The largest absolute Gasteiger partial charge is 0.496 e. The number of alkyl halides is 2. The number of pyridine rings is 2. The number of hydrogen-bond donors (Lipinski definition) is 1. The number of ether oxygens (including phenoxy) is 3. The first kappa shape index (κ1) is 24.9. The van der Waals surface area contributed by atoms with Gasteiger partial charge in [0.25, 0.3) is 11.1 Å². The zero-order valence-corrected chi connectivity index (χ0v) is 19.7. The first-order valence-corrected chi connectivity index (χ1v) is 11.1. The van der Waals surface area contributed by atoms with Gasteiger partial charge in [-0.15, -0.1) is 5.10 Å². The van der Waals surface area contributed by atoms with Crippen molar-refractivity contribution in [1.82, 2.24) is 20.2 Å². The number of aromatic nitrogens is 4. The topological polar surface area (TPSA) is 108 Å². The second-order valence-corrected chi connectivity index (χ2v) is 8.11. The Hall–Kier alpha value is -4.26. The van der Waals surface area contributed by atoms with Crippen LogP contribution in [-0.2, 0) is 6.61 Å². The summed E-state index contributed by atoms with van der Waals surface area (Å²) in [6.07, 6.45) is 2.49. The summed E-state index contributed by atoms with van der Waals surface area (Å²) in [5.41, 5.74) is 1.57. The van der Waals surface area contributed by atoms with E-state index in [1.54, 1.807) is 19.1 Å². The molecule has 36 heavy (non-hydrogen) atoms. The Labute approximate surface area is 206 Å². The molecule has 0 aliphatic rings. The van der Waals surface area contributed by atoms with Crippen molar-refractivity contribution in [1.29, 1.82) is 0 Å². The first-order chi connectivity index (χ1) is 17.3. The van der Waals surface area contributed by atoms with E-state index in [1.807, 2.05) is 0 Å². The number of carbonyl (C=O) groups is 1. The number of nitrogens with zero attached hydrogens (tertiary/aromatic N) is 4. The highest BCUT2D eigenvalue weighted by Gasteiger charge is 2.21. The lowest BCUT2D eigenvalue weighted by Gasteiger charge is -2.14. The molecule has 3 aromatic heterocycles. The number of aryl methyl sites for hydroxylation is 1. The Morgan fingerprint density at radius 1 is 1.14 bits per heavy atom.